The van der Waals surface area contributed by atoms with Gasteiger partial charge in [-0.1, -0.05) is 0 Å². The molecule has 0 saturated carbocycles. The molecule has 0 aromatic carbocycles. The molecule has 19 heavy (non-hydrogen) atoms. The number of amides is 1. The van der Waals surface area contributed by atoms with E-state index in [4.69, 9.17) is 21.5 Å². The molecule has 1 fully saturated rings. The van der Waals surface area contributed by atoms with Gasteiger partial charge < -0.3 is 21.5 Å². The zero-order valence-corrected chi connectivity index (χ0v) is 11.4. The average Bonchev–Trinajstić information content (AvgIpc) is 2.90. The lowest BCUT2D eigenvalue weighted by Gasteiger charge is -2.15. The molecule has 2 unspecified atom stereocenters. The fourth-order valence-electron chi connectivity index (χ4n) is 2.16. The standard InChI is InChI=1S/C12H16N4O2S/c1-6-7(2-3-18-6)5-16-12-9(11(15)17)10(14)8(4-13)19-12/h6-7,16H,2-3,5,14H2,1H3,(H2,15,17). The van der Waals surface area contributed by atoms with Crippen LogP contribution in [0.4, 0.5) is 10.7 Å². The number of rotatable bonds is 4. The third-order valence-corrected chi connectivity index (χ3v) is 4.42. The lowest BCUT2D eigenvalue weighted by Crippen LogP contribution is -2.22. The third-order valence-electron chi connectivity index (χ3n) is 3.35. The van der Waals surface area contributed by atoms with Crippen LogP contribution in [0.3, 0.4) is 0 Å². The van der Waals surface area contributed by atoms with Crippen molar-refractivity contribution in [3.8, 4) is 6.07 Å². The number of anilines is 2. The quantitative estimate of drug-likeness (QED) is 0.765. The van der Waals surface area contributed by atoms with Crippen molar-refractivity contribution in [1.82, 2.24) is 0 Å². The van der Waals surface area contributed by atoms with Crippen molar-refractivity contribution >= 4 is 27.9 Å². The number of carbonyl (C=O) groups excluding carboxylic acids is 1. The molecule has 2 rings (SSSR count). The van der Waals surface area contributed by atoms with Gasteiger partial charge in [0.1, 0.15) is 15.9 Å². The minimum Gasteiger partial charge on any atom is -0.396 e. The summed E-state index contributed by atoms with van der Waals surface area (Å²) in [6.07, 6.45) is 1.17. The Bertz CT molecular complexity index is 535. The third kappa shape index (κ3) is 2.64. The second-order valence-corrected chi connectivity index (χ2v) is 5.55. The second kappa shape index (κ2) is 5.47. The monoisotopic (exact) mass is 280 g/mol. The number of carbonyl (C=O) groups is 1. The van der Waals surface area contributed by atoms with Crippen LogP contribution in [0.2, 0.25) is 0 Å². The van der Waals surface area contributed by atoms with Crippen molar-refractivity contribution in [2.45, 2.75) is 19.4 Å². The van der Waals surface area contributed by atoms with Gasteiger partial charge in [-0.05, 0) is 13.3 Å². The van der Waals surface area contributed by atoms with Gasteiger partial charge in [0.05, 0.1) is 17.4 Å². The first-order valence-corrected chi connectivity index (χ1v) is 6.83. The number of nitrogen functional groups attached to an aromatic ring is 1. The second-order valence-electron chi connectivity index (χ2n) is 4.53. The van der Waals surface area contributed by atoms with Gasteiger partial charge in [-0.25, -0.2) is 0 Å². The van der Waals surface area contributed by atoms with Crippen molar-refractivity contribution < 1.29 is 9.53 Å². The maximum absolute atomic E-state index is 11.4. The molecule has 0 spiro atoms. The number of nitrogens with one attached hydrogen (secondary N) is 1. The van der Waals surface area contributed by atoms with Crippen LogP contribution < -0.4 is 16.8 Å². The molecule has 1 aliphatic heterocycles. The SMILES string of the molecule is CC1OCCC1CNc1sc(C#N)c(N)c1C(N)=O. The molecule has 6 nitrogen and oxygen atoms in total. The fraction of sp³-hybridized carbons (Fsp3) is 0.500. The first-order chi connectivity index (χ1) is 9.04. The zero-order chi connectivity index (χ0) is 14.0. The van der Waals surface area contributed by atoms with Crippen LogP contribution in [0.1, 0.15) is 28.6 Å². The van der Waals surface area contributed by atoms with E-state index in [2.05, 4.69) is 5.32 Å². The van der Waals surface area contributed by atoms with Gasteiger partial charge >= 0.3 is 0 Å². The molecule has 102 valence electrons. The predicted octanol–water partition coefficient (Wildman–Crippen LogP) is 1.14. The summed E-state index contributed by atoms with van der Waals surface area (Å²) >= 11 is 1.16. The summed E-state index contributed by atoms with van der Waals surface area (Å²) in [4.78, 5) is 11.7. The van der Waals surface area contributed by atoms with Gasteiger partial charge in [0.25, 0.3) is 5.91 Å². The number of nitrogens with two attached hydrogens (primary N) is 2. The van der Waals surface area contributed by atoms with E-state index >= 15 is 0 Å². The molecule has 2 atom stereocenters. The van der Waals surface area contributed by atoms with Gasteiger partial charge in [0, 0.05) is 19.1 Å². The summed E-state index contributed by atoms with van der Waals surface area (Å²) in [6, 6.07) is 1.97. The molecule has 0 radical (unpaired) electrons. The lowest BCUT2D eigenvalue weighted by molar-refractivity contribution is 0.100. The summed E-state index contributed by atoms with van der Waals surface area (Å²) in [5.74, 6) is -0.233. The van der Waals surface area contributed by atoms with Crippen molar-refractivity contribution in [3.63, 3.8) is 0 Å². The first kappa shape index (κ1) is 13.6. The molecule has 1 saturated heterocycles. The molecule has 0 bridgehead atoms. The summed E-state index contributed by atoms with van der Waals surface area (Å²) in [6.45, 7) is 3.45. The summed E-state index contributed by atoms with van der Waals surface area (Å²) in [5.41, 5.74) is 11.4. The summed E-state index contributed by atoms with van der Waals surface area (Å²) in [7, 11) is 0. The number of ether oxygens (including phenoxy) is 1. The Morgan fingerprint density at radius 1 is 1.68 bits per heavy atom. The molecule has 1 aromatic rings. The summed E-state index contributed by atoms with van der Waals surface area (Å²) in [5, 5.41) is 12.7. The molecule has 2 heterocycles. The number of hydrogen-bond donors (Lipinski definition) is 3. The van der Waals surface area contributed by atoms with Gasteiger partial charge in [0.15, 0.2) is 0 Å². The van der Waals surface area contributed by atoms with Crippen LogP contribution in [0.25, 0.3) is 0 Å². The van der Waals surface area contributed by atoms with Crippen molar-refractivity contribution in [3.05, 3.63) is 10.4 Å². The number of nitrogens with zero attached hydrogens (tertiary/aromatic N) is 1. The van der Waals surface area contributed by atoms with Gasteiger partial charge in [-0.2, -0.15) is 5.26 Å². The highest BCUT2D eigenvalue weighted by atomic mass is 32.1. The van der Waals surface area contributed by atoms with Crippen LogP contribution in [0.15, 0.2) is 0 Å². The molecule has 0 aliphatic carbocycles. The van der Waals surface area contributed by atoms with E-state index in [1.54, 1.807) is 0 Å². The van der Waals surface area contributed by atoms with E-state index in [1.807, 2.05) is 13.0 Å². The normalized spacial score (nSPS) is 22.1. The molecule has 1 aromatic heterocycles. The zero-order valence-electron chi connectivity index (χ0n) is 10.6. The van der Waals surface area contributed by atoms with E-state index in [9.17, 15) is 4.79 Å². The summed E-state index contributed by atoms with van der Waals surface area (Å²) < 4.78 is 5.48. The largest absolute Gasteiger partial charge is 0.396 e. The minimum absolute atomic E-state index is 0.165. The van der Waals surface area contributed by atoms with E-state index in [1.165, 1.54) is 0 Å². The van der Waals surface area contributed by atoms with Gasteiger partial charge in [-0.3, -0.25) is 4.79 Å². The van der Waals surface area contributed by atoms with Crippen molar-refractivity contribution in [2.75, 3.05) is 24.2 Å². The number of hydrogen-bond acceptors (Lipinski definition) is 6. The molecule has 1 aliphatic rings. The van der Waals surface area contributed by atoms with E-state index in [0.29, 0.717) is 22.3 Å². The Morgan fingerprint density at radius 3 is 2.95 bits per heavy atom. The highest BCUT2D eigenvalue weighted by Crippen LogP contribution is 2.35. The predicted molar refractivity (Wildman–Crippen MR) is 74.0 cm³/mol. The van der Waals surface area contributed by atoms with Crippen molar-refractivity contribution in [1.29, 1.82) is 5.26 Å². The average molecular weight is 280 g/mol. The number of nitriles is 1. The molecular formula is C12H16N4O2S. The Hall–Kier alpha value is -1.78. The molecule has 7 heteroatoms. The fourth-order valence-corrected chi connectivity index (χ4v) is 3.09. The first-order valence-electron chi connectivity index (χ1n) is 6.02. The van der Waals surface area contributed by atoms with Gasteiger partial charge in [-0.15, -0.1) is 11.3 Å². The molecular weight excluding hydrogens is 264 g/mol. The Kier molecular flexibility index (Phi) is 3.93. The van der Waals surface area contributed by atoms with Crippen molar-refractivity contribution in [2.24, 2.45) is 11.7 Å². The van der Waals surface area contributed by atoms with E-state index < -0.39 is 5.91 Å². The highest BCUT2D eigenvalue weighted by Gasteiger charge is 2.26. The Morgan fingerprint density at radius 2 is 2.42 bits per heavy atom. The Balaban J connectivity index is 2.16. The lowest BCUT2D eigenvalue weighted by atomic mass is 10.0. The Labute approximate surface area is 115 Å². The van der Waals surface area contributed by atoms with Crippen LogP contribution in [-0.4, -0.2) is 25.2 Å². The van der Waals surface area contributed by atoms with Gasteiger partial charge in [0.2, 0.25) is 0 Å². The minimum atomic E-state index is -0.617. The molecule has 1 amide bonds. The maximum atomic E-state index is 11.4. The van der Waals surface area contributed by atoms with Crippen LogP contribution in [-0.2, 0) is 4.74 Å². The number of primary amides is 1. The van der Waals surface area contributed by atoms with Crippen LogP contribution in [0.5, 0.6) is 0 Å². The van der Waals surface area contributed by atoms with E-state index in [0.717, 1.165) is 24.4 Å². The maximum Gasteiger partial charge on any atom is 0.253 e. The smallest absolute Gasteiger partial charge is 0.253 e. The van der Waals surface area contributed by atoms with Crippen LogP contribution in [0, 0.1) is 17.2 Å². The molecule has 5 N–H and O–H groups in total. The highest BCUT2D eigenvalue weighted by molar-refractivity contribution is 7.17. The van der Waals surface area contributed by atoms with E-state index in [-0.39, 0.29) is 17.4 Å². The topological polar surface area (TPSA) is 114 Å². The van der Waals surface area contributed by atoms with Crippen LogP contribution >= 0.6 is 11.3 Å². The number of thiophene rings is 1.